The number of ether oxygens (including phenoxy) is 1. The minimum Gasteiger partial charge on any atom is -0.378 e. The van der Waals surface area contributed by atoms with Crippen molar-refractivity contribution in [2.45, 2.75) is 12.2 Å². The molecule has 2 rings (SSSR count). The van der Waals surface area contributed by atoms with Crippen molar-refractivity contribution in [3.8, 4) is 0 Å². The second kappa shape index (κ2) is 6.10. The molecular weight excluding hydrogens is 290 g/mol. The van der Waals surface area contributed by atoms with E-state index in [1.165, 1.54) is 6.07 Å². The van der Waals surface area contributed by atoms with Crippen molar-refractivity contribution in [2.75, 3.05) is 19.8 Å². The maximum Gasteiger partial charge on any atom is 0.417 e. The molecular formula is C11H12Cl2F3NO. The van der Waals surface area contributed by atoms with Gasteiger partial charge < -0.3 is 10.1 Å². The van der Waals surface area contributed by atoms with Gasteiger partial charge in [0.1, 0.15) is 0 Å². The van der Waals surface area contributed by atoms with Crippen LogP contribution in [0.1, 0.15) is 17.2 Å². The van der Waals surface area contributed by atoms with Crippen molar-refractivity contribution in [2.24, 2.45) is 0 Å². The van der Waals surface area contributed by atoms with Gasteiger partial charge in [-0.2, -0.15) is 13.2 Å². The molecule has 2 nitrogen and oxygen atoms in total. The number of halogens is 5. The topological polar surface area (TPSA) is 21.3 Å². The van der Waals surface area contributed by atoms with Crippen LogP contribution in [0.3, 0.4) is 0 Å². The number of hydrogen-bond donors (Lipinski definition) is 1. The summed E-state index contributed by atoms with van der Waals surface area (Å²) in [5, 5.41) is 2.83. The lowest BCUT2D eigenvalue weighted by atomic mass is 10.0. The summed E-state index contributed by atoms with van der Waals surface area (Å²) in [6.07, 6.45) is -4.43. The van der Waals surface area contributed by atoms with Gasteiger partial charge in [0.2, 0.25) is 0 Å². The molecule has 18 heavy (non-hydrogen) atoms. The van der Waals surface area contributed by atoms with Crippen LogP contribution in [0, 0.1) is 0 Å². The van der Waals surface area contributed by atoms with Crippen LogP contribution in [0.15, 0.2) is 18.2 Å². The predicted octanol–water partition coefficient (Wildman–Crippen LogP) is 3.44. The van der Waals surface area contributed by atoms with E-state index in [9.17, 15) is 13.2 Å². The number of alkyl halides is 3. The zero-order chi connectivity index (χ0) is 12.5. The van der Waals surface area contributed by atoms with E-state index < -0.39 is 11.7 Å². The molecule has 1 fully saturated rings. The van der Waals surface area contributed by atoms with Crippen LogP contribution in [0.2, 0.25) is 5.02 Å². The van der Waals surface area contributed by atoms with Gasteiger partial charge in [-0.3, -0.25) is 0 Å². The Balaban J connectivity index is 0.00000162. The van der Waals surface area contributed by atoms with Crippen molar-refractivity contribution in [3.63, 3.8) is 0 Å². The zero-order valence-electron chi connectivity index (χ0n) is 9.26. The predicted molar refractivity (Wildman–Crippen MR) is 65.3 cm³/mol. The Kier molecular flexibility index (Phi) is 5.28. The van der Waals surface area contributed by atoms with Gasteiger partial charge in [0.05, 0.1) is 29.8 Å². The lowest BCUT2D eigenvalue weighted by Crippen LogP contribution is -2.34. The van der Waals surface area contributed by atoms with Crippen LogP contribution in [0.5, 0.6) is 0 Å². The molecule has 1 aliphatic heterocycles. The second-order valence-electron chi connectivity index (χ2n) is 3.79. The number of nitrogens with one attached hydrogen (secondary N) is 1. The molecule has 0 saturated carbocycles. The van der Waals surface area contributed by atoms with Gasteiger partial charge in [-0.25, -0.2) is 0 Å². The van der Waals surface area contributed by atoms with Crippen LogP contribution in [-0.4, -0.2) is 19.8 Å². The molecule has 1 aliphatic rings. The van der Waals surface area contributed by atoms with E-state index in [0.717, 1.165) is 6.07 Å². The first kappa shape index (κ1) is 15.6. The lowest BCUT2D eigenvalue weighted by molar-refractivity contribution is -0.137. The highest BCUT2D eigenvalue weighted by atomic mass is 35.5. The van der Waals surface area contributed by atoms with Crippen molar-refractivity contribution in [1.82, 2.24) is 5.32 Å². The summed E-state index contributed by atoms with van der Waals surface area (Å²) in [6.45, 7) is 1.51. The molecule has 7 heteroatoms. The summed E-state index contributed by atoms with van der Waals surface area (Å²) in [6, 6.07) is 3.65. The molecule has 1 atom stereocenters. The van der Waals surface area contributed by atoms with Gasteiger partial charge in [0.15, 0.2) is 0 Å². The molecule has 1 saturated heterocycles. The average Bonchev–Trinajstić information content (AvgIpc) is 2.29. The third-order valence-corrected chi connectivity index (χ3v) is 3.05. The van der Waals surface area contributed by atoms with Crippen molar-refractivity contribution in [3.05, 3.63) is 34.3 Å². The van der Waals surface area contributed by atoms with E-state index in [1.54, 1.807) is 6.07 Å². The van der Waals surface area contributed by atoms with Crippen LogP contribution in [-0.2, 0) is 10.9 Å². The van der Waals surface area contributed by atoms with Gasteiger partial charge in [0, 0.05) is 6.54 Å². The zero-order valence-corrected chi connectivity index (χ0v) is 10.8. The monoisotopic (exact) mass is 301 g/mol. The first-order valence-electron chi connectivity index (χ1n) is 5.17. The summed E-state index contributed by atoms with van der Waals surface area (Å²) in [7, 11) is 0. The molecule has 1 aromatic carbocycles. The first-order valence-corrected chi connectivity index (χ1v) is 5.54. The number of rotatable bonds is 1. The van der Waals surface area contributed by atoms with Crippen LogP contribution in [0.25, 0.3) is 0 Å². The number of morpholine rings is 1. The average molecular weight is 302 g/mol. The molecule has 1 aromatic rings. The quantitative estimate of drug-likeness (QED) is 0.858. The Hall–Kier alpha value is -0.490. The summed E-state index contributed by atoms with van der Waals surface area (Å²) in [4.78, 5) is 0. The largest absolute Gasteiger partial charge is 0.417 e. The van der Waals surface area contributed by atoms with Gasteiger partial charge in [0.25, 0.3) is 0 Å². The van der Waals surface area contributed by atoms with Gasteiger partial charge >= 0.3 is 6.18 Å². The smallest absolute Gasteiger partial charge is 0.378 e. The Morgan fingerprint density at radius 2 is 2.06 bits per heavy atom. The molecule has 0 bridgehead atoms. The molecule has 0 aliphatic carbocycles. The Labute approximate surface area is 114 Å². The standard InChI is InChI=1S/C11H11ClF3NO.ClH/c12-10-7(9-6-17-5-4-16-9)2-1-3-8(10)11(13,14)15;/h1-3,9,16H,4-6H2;1H/t9-;/m0./s1. The summed E-state index contributed by atoms with van der Waals surface area (Å²) in [5.74, 6) is 0. The SMILES string of the molecule is Cl.FC(F)(F)c1cccc([C@@H]2COCCN2)c1Cl. The maximum atomic E-state index is 12.7. The van der Waals surface area contributed by atoms with E-state index in [0.29, 0.717) is 25.3 Å². The summed E-state index contributed by atoms with van der Waals surface area (Å²) >= 11 is 5.81. The van der Waals surface area contributed by atoms with Crippen LogP contribution < -0.4 is 5.32 Å². The fourth-order valence-electron chi connectivity index (χ4n) is 1.80. The van der Waals surface area contributed by atoms with E-state index in [2.05, 4.69) is 5.32 Å². The molecule has 102 valence electrons. The van der Waals surface area contributed by atoms with Crippen LogP contribution in [0.4, 0.5) is 13.2 Å². The molecule has 1 heterocycles. The van der Waals surface area contributed by atoms with Gasteiger partial charge in [-0.1, -0.05) is 23.7 Å². The normalized spacial score (nSPS) is 20.3. The van der Waals surface area contributed by atoms with Gasteiger partial charge in [-0.15, -0.1) is 12.4 Å². The Morgan fingerprint density at radius 1 is 1.33 bits per heavy atom. The van der Waals surface area contributed by atoms with Gasteiger partial charge in [-0.05, 0) is 11.6 Å². The van der Waals surface area contributed by atoms with Crippen LogP contribution >= 0.6 is 24.0 Å². The number of hydrogen-bond acceptors (Lipinski definition) is 2. The van der Waals surface area contributed by atoms with Crippen molar-refractivity contribution >= 4 is 24.0 Å². The Morgan fingerprint density at radius 3 is 2.61 bits per heavy atom. The summed E-state index contributed by atoms with van der Waals surface area (Å²) in [5.41, 5.74) is -0.370. The highest BCUT2D eigenvalue weighted by Gasteiger charge is 2.34. The molecule has 0 amide bonds. The molecule has 1 N–H and O–H groups in total. The van der Waals surface area contributed by atoms with E-state index in [-0.39, 0.29) is 23.5 Å². The van der Waals surface area contributed by atoms with E-state index in [1.807, 2.05) is 0 Å². The minimum atomic E-state index is -4.43. The molecule has 0 radical (unpaired) electrons. The fraction of sp³-hybridized carbons (Fsp3) is 0.455. The highest BCUT2D eigenvalue weighted by Crippen LogP contribution is 2.38. The number of benzene rings is 1. The second-order valence-corrected chi connectivity index (χ2v) is 4.17. The highest BCUT2D eigenvalue weighted by molar-refractivity contribution is 6.32. The third-order valence-electron chi connectivity index (χ3n) is 2.63. The Bertz CT molecular complexity index is 406. The van der Waals surface area contributed by atoms with E-state index >= 15 is 0 Å². The lowest BCUT2D eigenvalue weighted by Gasteiger charge is -2.25. The molecule has 0 spiro atoms. The maximum absolute atomic E-state index is 12.7. The molecule has 0 aromatic heterocycles. The fourth-order valence-corrected chi connectivity index (χ4v) is 2.17. The van der Waals surface area contributed by atoms with Crippen molar-refractivity contribution < 1.29 is 17.9 Å². The third kappa shape index (κ3) is 3.29. The summed E-state index contributed by atoms with van der Waals surface area (Å²) < 4.78 is 43.2. The molecule has 0 unspecified atom stereocenters. The van der Waals surface area contributed by atoms with E-state index in [4.69, 9.17) is 16.3 Å². The minimum absolute atomic E-state index is 0. The first-order chi connectivity index (χ1) is 8.00. The van der Waals surface area contributed by atoms with Crippen molar-refractivity contribution in [1.29, 1.82) is 0 Å².